The zero-order chi connectivity index (χ0) is 14.9. The van der Waals surface area contributed by atoms with Gasteiger partial charge in [-0.25, -0.2) is 8.42 Å². The molecule has 0 aliphatic heterocycles. The first kappa shape index (κ1) is 14.8. The second kappa shape index (κ2) is 5.42. The number of nitrogens with two attached hydrogens (primary N) is 1. The van der Waals surface area contributed by atoms with E-state index in [9.17, 15) is 8.42 Å². The molecular formula is C9H14N6O3S2. The number of hydrogen-bond donors (Lipinski definition) is 1. The van der Waals surface area contributed by atoms with E-state index in [2.05, 4.69) is 20.5 Å². The molecule has 0 amide bonds. The molecule has 2 aromatic rings. The number of nitrogen functional groups attached to an aromatic ring is 1. The quantitative estimate of drug-likeness (QED) is 0.818. The van der Waals surface area contributed by atoms with Crippen LogP contribution in [0.5, 0.6) is 0 Å². The molecule has 110 valence electrons. The van der Waals surface area contributed by atoms with Gasteiger partial charge in [0.05, 0.1) is 5.25 Å². The first-order chi connectivity index (χ1) is 9.37. The van der Waals surface area contributed by atoms with Crippen LogP contribution in [0, 0.1) is 0 Å². The molecule has 2 heterocycles. The van der Waals surface area contributed by atoms with E-state index in [1.54, 1.807) is 13.8 Å². The maximum Gasteiger partial charge on any atom is 0.236 e. The molecule has 0 saturated carbocycles. The van der Waals surface area contributed by atoms with Crippen molar-refractivity contribution in [2.75, 3.05) is 12.8 Å². The number of sulfone groups is 1. The normalized spacial score (nSPS) is 12.2. The summed E-state index contributed by atoms with van der Waals surface area (Å²) in [6.07, 6.45) is 0. The fourth-order valence-corrected chi connectivity index (χ4v) is 3.10. The topological polar surface area (TPSA) is 126 Å². The van der Waals surface area contributed by atoms with E-state index in [1.807, 2.05) is 0 Å². The fraction of sp³-hybridized carbons (Fsp3) is 0.556. The van der Waals surface area contributed by atoms with Gasteiger partial charge in [0.1, 0.15) is 11.6 Å². The molecule has 0 radical (unpaired) electrons. The summed E-state index contributed by atoms with van der Waals surface area (Å²) in [5, 5.41) is 15.2. The average Bonchev–Trinajstić information content (AvgIpc) is 2.96. The van der Waals surface area contributed by atoms with Gasteiger partial charge in [0, 0.05) is 7.11 Å². The summed E-state index contributed by atoms with van der Waals surface area (Å²) < 4.78 is 30.2. The van der Waals surface area contributed by atoms with Crippen molar-refractivity contribution in [1.82, 2.24) is 25.2 Å². The van der Waals surface area contributed by atoms with Crippen LogP contribution in [-0.4, -0.2) is 46.0 Å². The zero-order valence-electron chi connectivity index (χ0n) is 11.1. The second-order valence-electron chi connectivity index (χ2n) is 4.20. The van der Waals surface area contributed by atoms with Gasteiger partial charge in [-0.05, 0) is 13.8 Å². The Balaban J connectivity index is 2.43. The number of nitrogens with zero attached hydrogens (tertiary/aromatic N) is 5. The number of ether oxygens (including phenoxy) is 1. The lowest BCUT2D eigenvalue weighted by molar-refractivity contribution is 0.184. The third-order valence-electron chi connectivity index (χ3n) is 2.47. The van der Waals surface area contributed by atoms with Crippen LogP contribution in [0.3, 0.4) is 0 Å². The summed E-state index contributed by atoms with van der Waals surface area (Å²) in [7, 11) is -2.05. The van der Waals surface area contributed by atoms with E-state index in [-0.39, 0.29) is 10.8 Å². The zero-order valence-corrected chi connectivity index (χ0v) is 12.8. The van der Waals surface area contributed by atoms with Crippen molar-refractivity contribution in [2.24, 2.45) is 0 Å². The highest BCUT2D eigenvalue weighted by atomic mass is 32.2. The van der Waals surface area contributed by atoms with Crippen molar-refractivity contribution in [1.29, 1.82) is 0 Å². The Kier molecular flexibility index (Phi) is 4.01. The molecule has 0 saturated heterocycles. The van der Waals surface area contributed by atoms with Crippen molar-refractivity contribution in [2.45, 2.75) is 30.7 Å². The monoisotopic (exact) mass is 318 g/mol. The SMILES string of the molecule is COCc1nnc(-n2nnc(S(=O)(=O)C(C)C)c2N)s1. The molecular weight excluding hydrogens is 304 g/mol. The Morgan fingerprint density at radius 1 is 1.35 bits per heavy atom. The maximum absolute atomic E-state index is 12.1. The average molecular weight is 318 g/mol. The Morgan fingerprint density at radius 3 is 2.65 bits per heavy atom. The highest BCUT2D eigenvalue weighted by Gasteiger charge is 2.28. The Labute approximate surface area is 119 Å². The van der Waals surface area contributed by atoms with Crippen LogP contribution in [-0.2, 0) is 21.2 Å². The predicted molar refractivity (Wildman–Crippen MR) is 72.3 cm³/mol. The fourth-order valence-electron chi connectivity index (χ4n) is 1.35. The van der Waals surface area contributed by atoms with Gasteiger partial charge in [-0.15, -0.1) is 15.3 Å². The second-order valence-corrected chi connectivity index (χ2v) is 7.66. The van der Waals surface area contributed by atoms with Crippen molar-refractivity contribution < 1.29 is 13.2 Å². The smallest absolute Gasteiger partial charge is 0.236 e. The van der Waals surface area contributed by atoms with Gasteiger partial charge < -0.3 is 10.5 Å². The maximum atomic E-state index is 12.1. The summed E-state index contributed by atoms with van der Waals surface area (Å²) in [5.74, 6) is -0.0705. The van der Waals surface area contributed by atoms with Crippen LogP contribution in [0.15, 0.2) is 5.03 Å². The minimum Gasteiger partial charge on any atom is -0.381 e. The molecule has 0 fully saturated rings. The number of anilines is 1. The molecule has 9 nitrogen and oxygen atoms in total. The molecule has 11 heteroatoms. The van der Waals surface area contributed by atoms with Gasteiger partial charge in [-0.3, -0.25) is 0 Å². The van der Waals surface area contributed by atoms with Crippen LogP contribution >= 0.6 is 11.3 Å². The lowest BCUT2D eigenvalue weighted by Crippen LogP contribution is -2.16. The molecule has 0 bridgehead atoms. The van der Waals surface area contributed by atoms with E-state index in [1.165, 1.54) is 18.4 Å². The van der Waals surface area contributed by atoms with Gasteiger partial charge in [0.25, 0.3) is 0 Å². The molecule has 2 aromatic heterocycles. The summed E-state index contributed by atoms with van der Waals surface area (Å²) in [5.41, 5.74) is 5.81. The summed E-state index contributed by atoms with van der Waals surface area (Å²) in [4.78, 5) is 0. The molecule has 0 unspecified atom stereocenters. The van der Waals surface area contributed by atoms with E-state index >= 15 is 0 Å². The standard InChI is InChI=1S/C9H14N6O3S2/c1-5(2)20(16,17)8-7(10)15(14-12-8)9-13-11-6(19-9)4-18-3/h5H,4,10H2,1-3H3. The predicted octanol–water partition coefficient (Wildman–Crippen LogP) is 0.0295. The largest absolute Gasteiger partial charge is 0.381 e. The highest BCUT2D eigenvalue weighted by Crippen LogP contribution is 2.24. The van der Waals surface area contributed by atoms with Gasteiger partial charge in [-0.2, -0.15) is 4.68 Å². The molecule has 0 aliphatic rings. The van der Waals surface area contributed by atoms with E-state index < -0.39 is 15.1 Å². The summed E-state index contributed by atoms with van der Waals surface area (Å²) in [6.45, 7) is 3.41. The van der Waals surface area contributed by atoms with Crippen LogP contribution < -0.4 is 5.73 Å². The van der Waals surface area contributed by atoms with E-state index in [4.69, 9.17) is 10.5 Å². The molecule has 0 aliphatic carbocycles. The van der Waals surface area contributed by atoms with E-state index in [0.29, 0.717) is 16.7 Å². The molecule has 0 aromatic carbocycles. The Morgan fingerprint density at radius 2 is 2.05 bits per heavy atom. The van der Waals surface area contributed by atoms with Crippen molar-refractivity contribution >= 4 is 27.0 Å². The van der Waals surface area contributed by atoms with Crippen molar-refractivity contribution in [3.8, 4) is 5.13 Å². The molecule has 20 heavy (non-hydrogen) atoms. The summed E-state index contributed by atoms with van der Waals surface area (Å²) in [6, 6.07) is 0. The van der Waals surface area contributed by atoms with Crippen LogP contribution in [0.1, 0.15) is 18.9 Å². The Hall–Kier alpha value is -1.59. The van der Waals surface area contributed by atoms with Crippen LogP contribution in [0.2, 0.25) is 0 Å². The van der Waals surface area contributed by atoms with Gasteiger partial charge in [0.15, 0.2) is 5.82 Å². The Bertz CT molecular complexity index is 705. The van der Waals surface area contributed by atoms with Gasteiger partial charge in [-0.1, -0.05) is 16.6 Å². The number of aromatic nitrogens is 5. The molecule has 2 N–H and O–H groups in total. The highest BCUT2D eigenvalue weighted by molar-refractivity contribution is 7.92. The van der Waals surface area contributed by atoms with Crippen molar-refractivity contribution in [3.63, 3.8) is 0 Å². The first-order valence-electron chi connectivity index (χ1n) is 5.64. The van der Waals surface area contributed by atoms with Gasteiger partial charge >= 0.3 is 0 Å². The minimum atomic E-state index is -3.59. The number of methoxy groups -OCH3 is 1. The van der Waals surface area contributed by atoms with Crippen LogP contribution in [0.25, 0.3) is 5.13 Å². The lowest BCUT2D eigenvalue weighted by atomic mass is 10.6. The first-order valence-corrected chi connectivity index (χ1v) is 8.01. The van der Waals surface area contributed by atoms with Crippen molar-refractivity contribution in [3.05, 3.63) is 5.01 Å². The minimum absolute atomic E-state index is 0.0705. The molecule has 0 spiro atoms. The molecule has 0 atom stereocenters. The van der Waals surface area contributed by atoms with Gasteiger partial charge in [0.2, 0.25) is 20.0 Å². The third-order valence-corrected chi connectivity index (χ3v) is 5.41. The summed E-state index contributed by atoms with van der Waals surface area (Å²) >= 11 is 1.20. The number of rotatable bonds is 5. The third kappa shape index (κ3) is 2.51. The molecule has 2 rings (SSSR count). The lowest BCUT2D eigenvalue weighted by Gasteiger charge is -2.04. The van der Waals surface area contributed by atoms with E-state index in [0.717, 1.165) is 4.68 Å². The number of hydrogen-bond acceptors (Lipinski definition) is 9. The van der Waals surface area contributed by atoms with Crippen LogP contribution in [0.4, 0.5) is 5.82 Å².